The first-order valence-electron chi connectivity index (χ1n) is 11.6. The van der Waals surface area contributed by atoms with Gasteiger partial charge < -0.3 is 4.90 Å². The Labute approximate surface area is 211 Å². The topological polar surface area (TPSA) is 26.8 Å². The van der Waals surface area contributed by atoms with Gasteiger partial charge in [-0.25, -0.2) is 0 Å². The average molecular weight is 476 g/mol. The van der Waals surface area contributed by atoms with Gasteiger partial charge in [0, 0.05) is 29.3 Å². The van der Waals surface area contributed by atoms with Gasteiger partial charge in [0.05, 0.1) is 0 Å². The number of amides is 1. The Balaban J connectivity index is 1.52. The fourth-order valence-electron chi connectivity index (χ4n) is 4.26. The largest absolute Gasteiger partial charge is 0.311 e. The molecule has 4 aromatic rings. The zero-order chi connectivity index (χ0) is 24.2. The highest BCUT2D eigenvalue weighted by Gasteiger charge is 2.37. The van der Waals surface area contributed by atoms with Crippen LogP contribution in [0.1, 0.15) is 12.5 Å². The summed E-state index contributed by atoms with van der Waals surface area (Å²) in [5.74, 6) is -0.0828. The van der Waals surface area contributed by atoms with Gasteiger partial charge in [-0.2, -0.15) is 0 Å². The second-order valence-electron chi connectivity index (χ2n) is 8.13. The van der Waals surface area contributed by atoms with Crippen molar-refractivity contribution in [3.8, 4) is 0 Å². The molecule has 0 radical (unpaired) electrons. The molecule has 5 heteroatoms. The van der Waals surface area contributed by atoms with E-state index in [1.807, 2.05) is 96.8 Å². The summed E-state index contributed by atoms with van der Waals surface area (Å²) >= 11 is 5.66. The zero-order valence-electron chi connectivity index (χ0n) is 19.4. The summed E-state index contributed by atoms with van der Waals surface area (Å²) in [5, 5.41) is 0.505. The number of para-hydroxylation sites is 3. The molecule has 0 aliphatic carbocycles. The predicted molar refractivity (Wildman–Crippen MR) is 148 cm³/mol. The molecule has 1 fully saturated rings. The van der Waals surface area contributed by atoms with Crippen molar-refractivity contribution in [3.05, 3.63) is 127 Å². The molecule has 5 rings (SSSR count). The zero-order valence-corrected chi connectivity index (χ0v) is 20.2. The van der Waals surface area contributed by atoms with Gasteiger partial charge in [0.1, 0.15) is 5.70 Å². The molecule has 0 spiro atoms. The van der Waals surface area contributed by atoms with E-state index in [-0.39, 0.29) is 5.91 Å². The van der Waals surface area contributed by atoms with Gasteiger partial charge in [-0.1, -0.05) is 66.7 Å². The molecule has 1 aliphatic rings. The third kappa shape index (κ3) is 4.46. The Bertz CT molecular complexity index is 1310. The van der Waals surface area contributed by atoms with Gasteiger partial charge in [-0.05, 0) is 79.3 Å². The maximum Gasteiger partial charge on any atom is 0.277 e. The maximum absolute atomic E-state index is 13.2. The maximum atomic E-state index is 13.2. The van der Waals surface area contributed by atoms with Crippen LogP contribution in [0.2, 0.25) is 0 Å². The molecule has 1 saturated heterocycles. The number of carbonyl (C=O) groups is 1. The number of rotatable bonds is 6. The second-order valence-corrected chi connectivity index (χ2v) is 8.50. The summed E-state index contributed by atoms with van der Waals surface area (Å²) in [6.07, 6.45) is 1.91. The number of benzene rings is 4. The molecular formula is C30H25N3OS. The molecule has 0 bridgehead atoms. The lowest BCUT2D eigenvalue weighted by Crippen LogP contribution is -2.32. The van der Waals surface area contributed by atoms with E-state index in [0.29, 0.717) is 17.4 Å². The van der Waals surface area contributed by atoms with Crippen LogP contribution in [0.5, 0.6) is 0 Å². The number of nitrogens with zero attached hydrogens (tertiary/aromatic N) is 3. The Morgan fingerprint density at radius 3 is 1.71 bits per heavy atom. The summed E-state index contributed by atoms with van der Waals surface area (Å²) in [5.41, 5.74) is 5.56. The van der Waals surface area contributed by atoms with Crippen molar-refractivity contribution < 1.29 is 4.79 Å². The first kappa shape index (κ1) is 22.6. The molecule has 0 unspecified atom stereocenters. The quantitative estimate of drug-likeness (QED) is 0.219. The van der Waals surface area contributed by atoms with Crippen LogP contribution < -0.4 is 9.80 Å². The molecule has 1 aliphatic heterocycles. The Morgan fingerprint density at radius 2 is 1.20 bits per heavy atom. The summed E-state index contributed by atoms with van der Waals surface area (Å²) in [4.78, 5) is 18.9. The fourth-order valence-corrected chi connectivity index (χ4v) is 4.67. The van der Waals surface area contributed by atoms with Crippen molar-refractivity contribution in [1.29, 1.82) is 0 Å². The van der Waals surface area contributed by atoms with Gasteiger partial charge in [0.2, 0.25) is 0 Å². The SMILES string of the molecule is CCN1C(=O)/C(=C/c2ccc(N(c3ccccc3)c3ccccc3)cc2)N(c2ccccc2)C1=S. The Hall–Kier alpha value is -4.22. The van der Waals surface area contributed by atoms with E-state index in [4.69, 9.17) is 12.2 Å². The minimum absolute atomic E-state index is 0.0828. The van der Waals surface area contributed by atoms with Crippen molar-refractivity contribution >= 4 is 52.1 Å². The molecule has 172 valence electrons. The Kier molecular flexibility index (Phi) is 6.42. The number of carbonyl (C=O) groups excluding carboxylic acids is 1. The molecule has 0 aromatic heterocycles. The van der Waals surface area contributed by atoms with Crippen LogP contribution in [0.25, 0.3) is 6.08 Å². The van der Waals surface area contributed by atoms with Crippen LogP contribution in [-0.4, -0.2) is 22.5 Å². The minimum atomic E-state index is -0.0828. The lowest BCUT2D eigenvalue weighted by Gasteiger charge is -2.25. The van der Waals surface area contributed by atoms with Crippen molar-refractivity contribution in [1.82, 2.24) is 4.90 Å². The van der Waals surface area contributed by atoms with Gasteiger partial charge in [0.15, 0.2) is 5.11 Å². The number of thiocarbonyl (C=S) groups is 1. The summed E-state index contributed by atoms with van der Waals surface area (Å²) in [7, 11) is 0. The molecule has 1 amide bonds. The van der Waals surface area contributed by atoms with Crippen molar-refractivity contribution in [2.24, 2.45) is 0 Å². The molecule has 35 heavy (non-hydrogen) atoms. The van der Waals surface area contributed by atoms with E-state index in [0.717, 1.165) is 28.3 Å². The highest BCUT2D eigenvalue weighted by atomic mass is 32.1. The summed E-state index contributed by atoms with van der Waals surface area (Å²) < 4.78 is 0. The van der Waals surface area contributed by atoms with Crippen molar-refractivity contribution in [2.45, 2.75) is 6.92 Å². The normalized spacial score (nSPS) is 14.6. The average Bonchev–Trinajstić information content (AvgIpc) is 3.15. The Morgan fingerprint density at radius 1 is 0.714 bits per heavy atom. The van der Waals surface area contributed by atoms with Crippen LogP contribution in [0, 0.1) is 0 Å². The number of anilines is 4. The lowest BCUT2D eigenvalue weighted by molar-refractivity contribution is -0.122. The van der Waals surface area contributed by atoms with Gasteiger partial charge in [-0.15, -0.1) is 0 Å². The van der Waals surface area contributed by atoms with Crippen LogP contribution in [0.15, 0.2) is 121 Å². The second kappa shape index (κ2) is 9.95. The predicted octanol–water partition coefficient (Wildman–Crippen LogP) is 7.15. The monoisotopic (exact) mass is 475 g/mol. The summed E-state index contributed by atoms with van der Waals surface area (Å²) in [6.45, 7) is 2.47. The van der Waals surface area contributed by atoms with Crippen LogP contribution >= 0.6 is 12.2 Å². The smallest absolute Gasteiger partial charge is 0.277 e. The van der Waals surface area contributed by atoms with E-state index in [1.54, 1.807) is 4.90 Å². The van der Waals surface area contributed by atoms with Gasteiger partial charge >= 0.3 is 0 Å². The highest BCUT2D eigenvalue weighted by Crippen LogP contribution is 2.35. The molecule has 4 nitrogen and oxygen atoms in total. The minimum Gasteiger partial charge on any atom is -0.311 e. The molecule has 0 N–H and O–H groups in total. The number of hydrogen-bond donors (Lipinski definition) is 0. The van der Waals surface area contributed by atoms with Crippen LogP contribution in [0.3, 0.4) is 0 Å². The third-order valence-corrected chi connectivity index (χ3v) is 6.34. The third-order valence-electron chi connectivity index (χ3n) is 5.94. The van der Waals surface area contributed by atoms with Crippen molar-refractivity contribution in [2.75, 3.05) is 16.3 Å². The fraction of sp³-hybridized carbons (Fsp3) is 0.0667. The van der Waals surface area contributed by atoms with E-state index >= 15 is 0 Å². The van der Waals surface area contributed by atoms with E-state index < -0.39 is 0 Å². The van der Waals surface area contributed by atoms with E-state index in [1.165, 1.54) is 0 Å². The molecule has 0 saturated carbocycles. The van der Waals surface area contributed by atoms with Crippen molar-refractivity contribution in [3.63, 3.8) is 0 Å². The number of likely N-dealkylation sites (N-methyl/N-ethyl adjacent to an activating group) is 1. The van der Waals surface area contributed by atoms with E-state index in [2.05, 4.69) is 41.3 Å². The van der Waals surface area contributed by atoms with Crippen LogP contribution in [-0.2, 0) is 4.79 Å². The standard InChI is InChI=1S/C30H25N3OS/c1-2-31-29(34)28(33(30(31)35)26-16-10-5-11-17-26)22-23-18-20-27(21-19-23)32(24-12-6-3-7-13-24)25-14-8-4-9-15-25/h3-22H,2H2,1H3/b28-22-. The highest BCUT2D eigenvalue weighted by molar-refractivity contribution is 7.80. The van der Waals surface area contributed by atoms with Gasteiger partial charge in [0.25, 0.3) is 5.91 Å². The first-order valence-corrected chi connectivity index (χ1v) is 12.0. The molecular weight excluding hydrogens is 450 g/mol. The van der Waals surface area contributed by atoms with E-state index in [9.17, 15) is 4.79 Å². The number of hydrogen-bond acceptors (Lipinski definition) is 3. The summed E-state index contributed by atoms with van der Waals surface area (Å²) in [6, 6.07) is 38.6. The van der Waals surface area contributed by atoms with Crippen LogP contribution in [0.4, 0.5) is 22.7 Å². The molecule has 0 atom stereocenters. The lowest BCUT2D eigenvalue weighted by atomic mass is 10.1. The first-order chi connectivity index (χ1) is 17.2. The molecule has 1 heterocycles. The van der Waals surface area contributed by atoms with Gasteiger partial charge in [-0.3, -0.25) is 14.6 Å². The molecule has 4 aromatic carbocycles.